The molecule has 5 nitrogen and oxygen atoms in total. The molecule has 0 aliphatic carbocycles. The Morgan fingerprint density at radius 2 is 1.80 bits per heavy atom. The van der Waals surface area contributed by atoms with Gasteiger partial charge in [0.1, 0.15) is 0 Å². The van der Waals surface area contributed by atoms with Crippen molar-refractivity contribution in [2.45, 2.75) is 38.9 Å². The highest BCUT2D eigenvalue weighted by Crippen LogP contribution is 2.36. The lowest BCUT2D eigenvalue weighted by Gasteiger charge is -2.32. The van der Waals surface area contributed by atoms with Crippen molar-refractivity contribution >= 4 is 29.3 Å². The zero-order chi connectivity index (χ0) is 14.5. The minimum absolute atomic E-state index is 0.323. The van der Waals surface area contributed by atoms with E-state index in [0.29, 0.717) is 0 Å². The summed E-state index contributed by atoms with van der Waals surface area (Å²) in [5, 5.41) is 11.4. The van der Waals surface area contributed by atoms with Crippen molar-refractivity contribution < 1.29 is 9.31 Å². The van der Waals surface area contributed by atoms with Crippen LogP contribution in [0.3, 0.4) is 0 Å². The first-order chi connectivity index (χ1) is 9.34. The number of nitrogens with zero attached hydrogens (tertiary/aromatic N) is 1. The van der Waals surface area contributed by atoms with Gasteiger partial charge in [0.2, 0.25) is 0 Å². The van der Waals surface area contributed by atoms with E-state index in [1.807, 2.05) is 25.2 Å². The first kappa shape index (κ1) is 13.5. The molecule has 1 aliphatic rings. The van der Waals surface area contributed by atoms with Crippen LogP contribution in [0.5, 0.6) is 0 Å². The Balaban J connectivity index is 1.96. The van der Waals surface area contributed by atoms with Crippen molar-refractivity contribution in [2.75, 3.05) is 12.4 Å². The van der Waals surface area contributed by atoms with Crippen LogP contribution in [-0.2, 0) is 9.31 Å². The average molecular weight is 273 g/mol. The molecule has 0 spiro atoms. The quantitative estimate of drug-likeness (QED) is 0.820. The molecule has 2 aromatic rings. The largest absolute Gasteiger partial charge is 0.494 e. The van der Waals surface area contributed by atoms with E-state index < -0.39 is 0 Å². The normalized spacial score (nSPS) is 20.6. The SMILES string of the molecule is CNc1n[nH]c2cc(B3OC(C)(C)C(C)(C)O3)ccc12. The van der Waals surface area contributed by atoms with Crippen molar-refractivity contribution in [3.63, 3.8) is 0 Å². The van der Waals surface area contributed by atoms with Crippen molar-refractivity contribution in [1.29, 1.82) is 0 Å². The molecule has 0 bridgehead atoms. The lowest BCUT2D eigenvalue weighted by atomic mass is 9.79. The summed E-state index contributed by atoms with van der Waals surface area (Å²) in [6.07, 6.45) is 0. The number of anilines is 1. The lowest BCUT2D eigenvalue weighted by Crippen LogP contribution is -2.41. The summed E-state index contributed by atoms with van der Waals surface area (Å²) in [6, 6.07) is 6.09. The fraction of sp³-hybridized carbons (Fsp3) is 0.500. The van der Waals surface area contributed by atoms with Gasteiger partial charge in [0.25, 0.3) is 0 Å². The Hall–Kier alpha value is -1.53. The second-order valence-electron chi connectivity index (χ2n) is 6.22. The standard InChI is InChI=1S/C14H20BN3O2/c1-13(2)14(3,4)20-15(19-13)9-6-7-10-11(8-9)17-18-12(10)16-5/h6-8H,1-5H3,(H2,16,17,18). The van der Waals surface area contributed by atoms with Crippen LogP contribution in [0.15, 0.2) is 18.2 Å². The van der Waals surface area contributed by atoms with Gasteiger partial charge in [-0.15, -0.1) is 0 Å². The van der Waals surface area contributed by atoms with Gasteiger partial charge in [-0.25, -0.2) is 0 Å². The minimum Gasteiger partial charge on any atom is -0.399 e. The van der Waals surface area contributed by atoms with Gasteiger partial charge in [-0.1, -0.05) is 6.07 Å². The van der Waals surface area contributed by atoms with E-state index in [2.05, 4.69) is 43.2 Å². The molecule has 1 saturated heterocycles. The van der Waals surface area contributed by atoms with Gasteiger partial charge < -0.3 is 14.6 Å². The first-order valence-corrected chi connectivity index (χ1v) is 6.85. The Bertz CT molecular complexity index is 635. The average Bonchev–Trinajstić information content (AvgIpc) is 2.87. The van der Waals surface area contributed by atoms with Crippen molar-refractivity contribution in [3.05, 3.63) is 18.2 Å². The van der Waals surface area contributed by atoms with Gasteiger partial charge in [0.15, 0.2) is 5.82 Å². The topological polar surface area (TPSA) is 59.2 Å². The summed E-state index contributed by atoms with van der Waals surface area (Å²) < 4.78 is 12.1. The Labute approximate surface area is 119 Å². The molecule has 1 fully saturated rings. The minimum atomic E-state index is -0.342. The summed E-state index contributed by atoms with van der Waals surface area (Å²) in [5.41, 5.74) is 1.33. The van der Waals surface area contributed by atoms with E-state index in [4.69, 9.17) is 9.31 Å². The van der Waals surface area contributed by atoms with Crippen LogP contribution < -0.4 is 10.8 Å². The molecular formula is C14H20BN3O2. The van der Waals surface area contributed by atoms with E-state index in [9.17, 15) is 0 Å². The molecule has 1 aromatic heterocycles. The molecular weight excluding hydrogens is 253 g/mol. The Morgan fingerprint density at radius 1 is 1.15 bits per heavy atom. The third-order valence-electron chi connectivity index (χ3n) is 4.35. The molecule has 0 saturated carbocycles. The van der Waals surface area contributed by atoms with Crippen LogP contribution >= 0.6 is 0 Å². The van der Waals surface area contributed by atoms with Crippen LogP contribution in [0.2, 0.25) is 0 Å². The summed E-state index contributed by atoms with van der Waals surface area (Å²) in [7, 11) is 1.52. The number of fused-ring (bicyclic) bond motifs is 1. The molecule has 0 unspecified atom stereocenters. The third-order valence-corrected chi connectivity index (χ3v) is 4.35. The van der Waals surface area contributed by atoms with Crippen LogP contribution in [0.1, 0.15) is 27.7 Å². The summed E-state index contributed by atoms with van der Waals surface area (Å²) >= 11 is 0. The fourth-order valence-corrected chi connectivity index (χ4v) is 2.35. The number of aromatic amines is 1. The van der Waals surface area contributed by atoms with Crippen molar-refractivity contribution in [3.8, 4) is 0 Å². The molecule has 1 aromatic carbocycles. The highest BCUT2D eigenvalue weighted by atomic mass is 16.7. The number of H-pyrrole nitrogens is 1. The highest BCUT2D eigenvalue weighted by molar-refractivity contribution is 6.62. The van der Waals surface area contributed by atoms with Gasteiger partial charge in [0.05, 0.1) is 16.7 Å². The van der Waals surface area contributed by atoms with E-state index >= 15 is 0 Å². The third kappa shape index (κ3) is 1.91. The number of hydrogen-bond acceptors (Lipinski definition) is 4. The predicted molar refractivity (Wildman–Crippen MR) is 81.4 cm³/mol. The number of benzene rings is 1. The Kier molecular flexibility index (Phi) is 2.85. The summed E-state index contributed by atoms with van der Waals surface area (Å²) in [6.45, 7) is 8.23. The fourth-order valence-electron chi connectivity index (χ4n) is 2.35. The number of hydrogen-bond donors (Lipinski definition) is 2. The molecule has 6 heteroatoms. The molecule has 2 N–H and O–H groups in total. The van der Waals surface area contributed by atoms with E-state index in [0.717, 1.165) is 22.2 Å². The van der Waals surface area contributed by atoms with Gasteiger partial charge in [0, 0.05) is 12.4 Å². The molecule has 1 aliphatic heterocycles. The second kappa shape index (κ2) is 4.23. The first-order valence-electron chi connectivity index (χ1n) is 6.85. The smallest absolute Gasteiger partial charge is 0.399 e. The molecule has 3 rings (SSSR count). The molecule has 2 heterocycles. The van der Waals surface area contributed by atoms with Crippen LogP contribution in [0, 0.1) is 0 Å². The number of nitrogens with one attached hydrogen (secondary N) is 2. The van der Waals surface area contributed by atoms with E-state index in [1.54, 1.807) is 0 Å². The van der Waals surface area contributed by atoms with Crippen molar-refractivity contribution in [2.24, 2.45) is 0 Å². The van der Waals surface area contributed by atoms with Crippen LogP contribution in [0.4, 0.5) is 5.82 Å². The molecule has 0 amide bonds. The maximum Gasteiger partial charge on any atom is 0.494 e. The van der Waals surface area contributed by atoms with E-state index in [1.165, 1.54) is 0 Å². The predicted octanol–water partition coefficient (Wildman–Crippen LogP) is 1.90. The van der Waals surface area contributed by atoms with Crippen molar-refractivity contribution in [1.82, 2.24) is 10.2 Å². The van der Waals surface area contributed by atoms with Crippen LogP contribution in [0.25, 0.3) is 10.9 Å². The summed E-state index contributed by atoms with van der Waals surface area (Å²) in [4.78, 5) is 0. The summed E-state index contributed by atoms with van der Waals surface area (Å²) in [5.74, 6) is 0.848. The van der Waals surface area contributed by atoms with Gasteiger partial charge >= 0.3 is 7.12 Å². The molecule has 20 heavy (non-hydrogen) atoms. The zero-order valence-corrected chi connectivity index (χ0v) is 12.6. The van der Waals surface area contributed by atoms with Gasteiger partial charge in [-0.05, 0) is 45.3 Å². The van der Waals surface area contributed by atoms with Gasteiger partial charge in [-0.2, -0.15) is 5.10 Å². The zero-order valence-electron chi connectivity index (χ0n) is 12.6. The number of rotatable bonds is 2. The highest BCUT2D eigenvalue weighted by Gasteiger charge is 2.51. The lowest BCUT2D eigenvalue weighted by molar-refractivity contribution is 0.00578. The molecule has 106 valence electrons. The van der Waals surface area contributed by atoms with Gasteiger partial charge in [-0.3, -0.25) is 5.10 Å². The van der Waals surface area contributed by atoms with E-state index in [-0.39, 0.29) is 18.3 Å². The Morgan fingerprint density at radius 3 is 2.40 bits per heavy atom. The second-order valence-corrected chi connectivity index (χ2v) is 6.22. The monoisotopic (exact) mass is 273 g/mol. The maximum atomic E-state index is 6.06. The molecule has 0 radical (unpaired) electrons. The van der Waals surface area contributed by atoms with Crippen LogP contribution in [-0.4, -0.2) is 35.6 Å². The number of aromatic nitrogens is 2. The molecule has 0 atom stereocenters. The maximum absolute atomic E-state index is 6.06.